The van der Waals surface area contributed by atoms with Crippen LogP contribution in [0.4, 0.5) is 10.1 Å². The van der Waals surface area contributed by atoms with E-state index in [1.807, 2.05) is 0 Å². The molecule has 1 heterocycles. The van der Waals surface area contributed by atoms with Crippen LogP contribution in [0.25, 0.3) is 0 Å². The lowest BCUT2D eigenvalue weighted by molar-refractivity contribution is 0.0958. The van der Waals surface area contributed by atoms with Crippen molar-refractivity contribution in [1.82, 2.24) is 10.3 Å². The third-order valence-electron chi connectivity index (χ3n) is 2.41. The lowest BCUT2D eigenvalue weighted by Gasteiger charge is -2.09. The van der Waals surface area contributed by atoms with Gasteiger partial charge in [-0.1, -0.05) is 6.07 Å². The van der Waals surface area contributed by atoms with Crippen LogP contribution in [0.3, 0.4) is 0 Å². The molecule has 0 bridgehead atoms. The van der Waals surface area contributed by atoms with Crippen molar-refractivity contribution in [3.05, 3.63) is 48.0 Å². The largest absolute Gasteiger partial charge is 0.452 e. The van der Waals surface area contributed by atoms with Crippen LogP contribution in [0.2, 0.25) is 0 Å². The second-order valence-corrected chi connectivity index (χ2v) is 3.72. The molecule has 0 unspecified atom stereocenters. The SMILES string of the molecule is CNC(=O)c1cc(Oc2c(N)cccc2F)ccn1. The number of halogens is 1. The van der Waals surface area contributed by atoms with Gasteiger partial charge in [-0.2, -0.15) is 0 Å². The Balaban J connectivity index is 2.31. The quantitative estimate of drug-likeness (QED) is 0.828. The summed E-state index contributed by atoms with van der Waals surface area (Å²) in [4.78, 5) is 15.3. The average molecular weight is 261 g/mol. The number of nitrogen functional groups attached to an aromatic ring is 1. The molecule has 3 N–H and O–H groups in total. The lowest BCUT2D eigenvalue weighted by atomic mass is 10.3. The van der Waals surface area contributed by atoms with Crippen molar-refractivity contribution >= 4 is 11.6 Å². The molecule has 0 radical (unpaired) electrons. The number of aromatic nitrogens is 1. The van der Waals surface area contributed by atoms with E-state index in [-0.39, 0.29) is 28.8 Å². The molecule has 1 aromatic heterocycles. The first-order valence-electron chi connectivity index (χ1n) is 5.52. The number of nitrogens with two attached hydrogens (primary N) is 1. The number of carbonyl (C=O) groups is 1. The maximum absolute atomic E-state index is 13.6. The van der Waals surface area contributed by atoms with Crippen LogP contribution in [0, 0.1) is 5.82 Å². The van der Waals surface area contributed by atoms with Crippen LogP contribution in [0.1, 0.15) is 10.5 Å². The van der Waals surface area contributed by atoms with Crippen molar-refractivity contribution in [2.24, 2.45) is 0 Å². The minimum absolute atomic E-state index is 0.0726. The third kappa shape index (κ3) is 2.79. The van der Waals surface area contributed by atoms with Gasteiger partial charge >= 0.3 is 0 Å². The number of ether oxygens (including phenoxy) is 1. The van der Waals surface area contributed by atoms with Crippen LogP contribution >= 0.6 is 0 Å². The number of carbonyl (C=O) groups excluding carboxylic acids is 1. The minimum Gasteiger partial charge on any atom is -0.452 e. The van der Waals surface area contributed by atoms with E-state index in [9.17, 15) is 9.18 Å². The molecule has 0 fully saturated rings. The maximum atomic E-state index is 13.6. The minimum atomic E-state index is -0.571. The molecule has 0 saturated carbocycles. The molecule has 98 valence electrons. The molecule has 0 saturated heterocycles. The molecule has 1 aromatic carbocycles. The van der Waals surface area contributed by atoms with E-state index in [0.717, 1.165) is 0 Å². The summed E-state index contributed by atoms with van der Waals surface area (Å²) in [6.45, 7) is 0. The molecule has 0 atom stereocenters. The number of nitrogens with zero attached hydrogens (tertiary/aromatic N) is 1. The zero-order valence-corrected chi connectivity index (χ0v) is 10.2. The van der Waals surface area contributed by atoms with Crippen molar-refractivity contribution < 1.29 is 13.9 Å². The third-order valence-corrected chi connectivity index (χ3v) is 2.41. The Kier molecular flexibility index (Phi) is 3.61. The molecule has 2 aromatic rings. The van der Waals surface area contributed by atoms with E-state index < -0.39 is 5.82 Å². The highest BCUT2D eigenvalue weighted by Crippen LogP contribution is 2.30. The first-order chi connectivity index (χ1) is 9.11. The summed E-state index contributed by atoms with van der Waals surface area (Å²) in [6, 6.07) is 7.18. The van der Waals surface area contributed by atoms with E-state index in [1.54, 1.807) is 0 Å². The highest BCUT2D eigenvalue weighted by molar-refractivity contribution is 5.92. The van der Waals surface area contributed by atoms with Gasteiger partial charge in [-0.25, -0.2) is 4.39 Å². The summed E-state index contributed by atoms with van der Waals surface area (Å²) in [7, 11) is 1.49. The molecular formula is C13H12FN3O2. The monoisotopic (exact) mass is 261 g/mol. The molecule has 0 aliphatic carbocycles. The fraction of sp³-hybridized carbons (Fsp3) is 0.0769. The van der Waals surface area contributed by atoms with Gasteiger partial charge in [-0.3, -0.25) is 9.78 Å². The summed E-state index contributed by atoms with van der Waals surface area (Å²) in [5, 5.41) is 2.44. The maximum Gasteiger partial charge on any atom is 0.269 e. The summed E-state index contributed by atoms with van der Waals surface area (Å²) in [5.74, 6) is -0.716. The number of hydrogen-bond acceptors (Lipinski definition) is 4. The van der Waals surface area contributed by atoms with E-state index in [2.05, 4.69) is 10.3 Å². The van der Waals surface area contributed by atoms with Gasteiger partial charge < -0.3 is 15.8 Å². The molecule has 19 heavy (non-hydrogen) atoms. The van der Waals surface area contributed by atoms with Gasteiger partial charge in [0.25, 0.3) is 5.91 Å². The molecule has 2 rings (SSSR count). The summed E-state index contributed by atoms with van der Waals surface area (Å²) in [5.41, 5.74) is 5.99. The number of benzene rings is 1. The Bertz CT molecular complexity index is 596. The zero-order chi connectivity index (χ0) is 13.8. The second-order valence-electron chi connectivity index (χ2n) is 3.72. The van der Waals surface area contributed by atoms with E-state index in [0.29, 0.717) is 0 Å². The van der Waals surface area contributed by atoms with Gasteiger partial charge in [0, 0.05) is 19.3 Å². The number of para-hydroxylation sites is 1. The molecular weight excluding hydrogens is 249 g/mol. The standard InChI is InChI=1S/C13H12FN3O2/c1-16-13(18)11-7-8(5-6-17-11)19-12-9(14)3-2-4-10(12)15/h2-7H,15H2,1H3,(H,16,18). The summed E-state index contributed by atoms with van der Waals surface area (Å²) < 4.78 is 18.9. The van der Waals surface area contributed by atoms with Gasteiger partial charge in [0.1, 0.15) is 11.4 Å². The van der Waals surface area contributed by atoms with Crippen LogP contribution in [-0.4, -0.2) is 17.9 Å². The van der Waals surface area contributed by atoms with Gasteiger partial charge in [-0.15, -0.1) is 0 Å². The van der Waals surface area contributed by atoms with Gasteiger partial charge in [-0.05, 0) is 18.2 Å². The Hall–Kier alpha value is -2.63. The molecule has 1 amide bonds. The summed E-state index contributed by atoms with van der Waals surface area (Å²) in [6.07, 6.45) is 1.40. The summed E-state index contributed by atoms with van der Waals surface area (Å²) >= 11 is 0. The Morgan fingerprint density at radius 2 is 2.21 bits per heavy atom. The van der Waals surface area contributed by atoms with E-state index in [4.69, 9.17) is 10.5 Å². The van der Waals surface area contributed by atoms with E-state index >= 15 is 0 Å². The van der Waals surface area contributed by atoms with E-state index in [1.165, 1.54) is 43.6 Å². The Morgan fingerprint density at radius 1 is 1.42 bits per heavy atom. The van der Waals surface area contributed by atoms with Crippen molar-refractivity contribution in [2.45, 2.75) is 0 Å². The molecule has 0 aliphatic rings. The number of rotatable bonds is 3. The normalized spacial score (nSPS) is 10.0. The van der Waals surface area contributed by atoms with Crippen LogP contribution in [0.15, 0.2) is 36.5 Å². The first-order valence-corrected chi connectivity index (χ1v) is 5.52. The van der Waals surface area contributed by atoms with Gasteiger partial charge in [0.15, 0.2) is 11.6 Å². The average Bonchev–Trinajstić information content (AvgIpc) is 2.42. The van der Waals surface area contributed by atoms with Crippen molar-refractivity contribution in [3.8, 4) is 11.5 Å². The van der Waals surface area contributed by atoms with Crippen LogP contribution < -0.4 is 15.8 Å². The van der Waals surface area contributed by atoms with Gasteiger partial charge in [0.05, 0.1) is 5.69 Å². The lowest BCUT2D eigenvalue weighted by Crippen LogP contribution is -2.18. The number of anilines is 1. The number of amides is 1. The highest BCUT2D eigenvalue weighted by Gasteiger charge is 2.11. The Labute approximate surface area is 109 Å². The first kappa shape index (κ1) is 12.8. The fourth-order valence-corrected chi connectivity index (χ4v) is 1.48. The zero-order valence-electron chi connectivity index (χ0n) is 10.2. The predicted molar refractivity (Wildman–Crippen MR) is 68.5 cm³/mol. The predicted octanol–water partition coefficient (Wildman–Crippen LogP) is 1.95. The topological polar surface area (TPSA) is 77.2 Å². The van der Waals surface area contributed by atoms with Crippen LogP contribution in [0.5, 0.6) is 11.5 Å². The smallest absolute Gasteiger partial charge is 0.269 e. The molecule has 0 aliphatic heterocycles. The number of hydrogen-bond donors (Lipinski definition) is 2. The number of pyridine rings is 1. The molecule has 0 spiro atoms. The second kappa shape index (κ2) is 5.34. The Morgan fingerprint density at radius 3 is 2.89 bits per heavy atom. The number of nitrogens with one attached hydrogen (secondary N) is 1. The highest BCUT2D eigenvalue weighted by atomic mass is 19.1. The fourth-order valence-electron chi connectivity index (χ4n) is 1.48. The molecule has 6 heteroatoms. The van der Waals surface area contributed by atoms with Gasteiger partial charge in [0.2, 0.25) is 0 Å². The molecule has 5 nitrogen and oxygen atoms in total. The van der Waals surface area contributed by atoms with Crippen molar-refractivity contribution in [1.29, 1.82) is 0 Å². The van der Waals surface area contributed by atoms with Crippen molar-refractivity contribution in [2.75, 3.05) is 12.8 Å². The van der Waals surface area contributed by atoms with Crippen LogP contribution in [-0.2, 0) is 0 Å². The van der Waals surface area contributed by atoms with Crippen molar-refractivity contribution in [3.63, 3.8) is 0 Å².